The number of hydrogen-bond acceptors (Lipinski definition) is 4. The number of hydrogen-bond donors (Lipinski definition) is 0. The summed E-state index contributed by atoms with van der Waals surface area (Å²) in [5.41, 5.74) is 3.31. The SMILES string of the molecule is CCN(c1ccccc1)S(=O)(=O)c1cc(C(=O)OCc2cccc(C)c2)ccc1C. The minimum Gasteiger partial charge on any atom is -0.457 e. The number of benzene rings is 3. The molecule has 0 spiro atoms. The van der Waals surface area contributed by atoms with Gasteiger partial charge in [0.2, 0.25) is 0 Å². The number of esters is 1. The second kappa shape index (κ2) is 9.13. The van der Waals surface area contributed by atoms with Crippen molar-refractivity contribution in [1.29, 1.82) is 0 Å². The van der Waals surface area contributed by atoms with Crippen molar-refractivity contribution >= 4 is 21.7 Å². The molecule has 6 heteroatoms. The van der Waals surface area contributed by atoms with Crippen molar-refractivity contribution in [3.05, 3.63) is 95.1 Å². The molecule has 0 bridgehead atoms. The normalized spacial score (nSPS) is 11.2. The van der Waals surface area contributed by atoms with Crippen molar-refractivity contribution in [3.63, 3.8) is 0 Å². The molecule has 0 radical (unpaired) electrons. The number of sulfonamides is 1. The maximum Gasteiger partial charge on any atom is 0.338 e. The van der Waals surface area contributed by atoms with Crippen LogP contribution in [0.25, 0.3) is 0 Å². The van der Waals surface area contributed by atoms with E-state index in [1.807, 2.05) is 37.3 Å². The third-order valence-corrected chi connectivity index (χ3v) is 6.82. The monoisotopic (exact) mass is 423 g/mol. The van der Waals surface area contributed by atoms with Gasteiger partial charge in [-0.25, -0.2) is 13.2 Å². The quantitative estimate of drug-likeness (QED) is 0.508. The molecule has 0 atom stereocenters. The second-order valence-corrected chi connectivity index (χ2v) is 8.88. The summed E-state index contributed by atoms with van der Waals surface area (Å²) in [4.78, 5) is 12.7. The lowest BCUT2D eigenvalue weighted by atomic mass is 10.1. The molecule has 0 aliphatic rings. The first kappa shape index (κ1) is 21.6. The first-order valence-electron chi connectivity index (χ1n) is 9.74. The van der Waals surface area contributed by atoms with Crippen LogP contribution in [0.3, 0.4) is 0 Å². The van der Waals surface area contributed by atoms with E-state index in [1.54, 1.807) is 50.2 Å². The van der Waals surface area contributed by atoms with Gasteiger partial charge >= 0.3 is 5.97 Å². The fourth-order valence-corrected chi connectivity index (χ4v) is 4.97. The number of aryl methyl sites for hydroxylation is 2. The maximum atomic E-state index is 13.4. The summed E-state index contributed by atoms with van der Waals surface area (Å²) in [7, 11) is -3.84. The van der Waals surface area contributed by atoms with E-state index in [0.717, 1.165) is 11.1 Å². The molecule has 0 aliphatic heterocycles. The highest BCUT2D eigenvalue weighted by Gasteiger charge is 2.26. The number of carbonyl (C=O) groups is 1. The smallest absolute Gasteiger partial charge is 0.338 e. The fraction of sp³-hybridized carbons (Fsp3) is 0.208. The van der Waals surface area contributed by atoms with E-state index in [9.17, 15) is 13.2 Å². The molecule has 3 rings (SSSR count). The van der Waals surface area contributed by atoms with Crippen LogP contribution < -0.4 is 4.31 Å². The second-order valence-electron chi connectivity index (χ2n) is 7.05. The van der Waals surface area contributed by atoms with Crippen LogP contribution in [0.15, 0.2) is 77.7 Å². The average Bonchev–Trinajstić information content (AvgIpc) is 2.73. The third-order valence-electron chi connectivity index (χ3n) is 4.78. The van der Waals surface area contributed by atoms with Gasteiger partial charge in [0, 0.05) is 6.54 Å². The predicted molar refractivity (Wildman–Crippen MR) is 118 cm³/mol. The number of rotatable bonds is 7. The van der Waals surface area contributed by atoms with Gasteiger partial charge in [-0.05, 0) is 56.2 Å². The Morgan fingerprint density at radius 2 is 1.67 bits per heavy atom. The summed E-state index contributed by atoms with van der Waals surface area (Å²) in [6.07, 6.45) is 0. The Kier molecular flexibility index (Phi) is 6.57. The Bertz CT molecular complexity index is 1140. The van der Waals surface area contributed by atoms with E-state index in [2.05, 4.69) is 0 Å². The summed E-state index contributed by atoms with van der Waals surface area (Å²) in [6, 6.07) is 21.2. The van der Waals surface area contributed by atoms with Crippen LogP contribution in [0, 0.1) is 13.8 Å². The zero-order valence-corrected chi connectivity index (χ0v) is 18.1. The minimum atomic E-state index is -3.84. The number of para-hydroxylation sites is 1. The lowest BCUT2D eigenvalue weighted by molar-refractivity contribution is 0.0472. The molecule has 0 amide bonds. The highest BCUT2D eigenvalue weighted by atomic mass is 32.2. The molecule has 0 saturated heterocycles. The predicted octanol–water partition coefficient (Wildman–Crippen LogP) is 4.88. The Morgan fingerprint density at radius 1 is 0.933 bits per heavy atom. The lowest BCUT2D eigenvalue weighted by Crippen LogP contribution is -2.31. The van der Waals surface area contributed by atoms with Crippen LogP contribution in [0.2, 0.25) is 0 Å². The van der Waals surface area contributed by atoms with Crippen LogP contribution in [0.1, 0.15) is 34.0 Å². The largest absolute Gasteiger partial charge is 0.457 e. The summed E-state index contributed by atoms with van der Waals surface area (Å²) in [5.74, 6) is -0.560. The van der Waals surface area contributed by atoms with Crippen molar-refractivity contribution in [2.75, 3.05) is 10.8 Å². The van der Waals surface area contributed by atoms with Crippen molar-refractivity contribution in [2.24, 2.45) is 0 Å². The van der Waals surface area contributed by atoms with E-state index in [0.29, 0.717) is 11.3 Å². The van der Waals surface area contributed by atoms with Gasteiger partial charge in [0.15, 0.2) is 0 Å². The topological polar surface area (TPSA) is 63.7 Å². The lowest BCUT2D eigenvalue weighted by Gasteiger charge is -2.24. The molecule has 3 aromatic rings. The number of nitrogens with zero attached hydrogens (tertiary/aromatic N) is 1. The van der Waals surface area contributed by atoms with E-state index in [-0.39, 0.29) is 23.6 Å². The average molecular weight is 424 g/mol. The molecular weight excluding hydrogens is 398 g/mol. The van der Waals surface area contributed by atoms with Crippen LogP contribution in [0.4, 0.5) is 5.69 Å². The fourth-order valence-electron chi connectivity index (χ4n) is 3.24. The molecule has 5 nitrogen and oxygen atoms in total. The van der Waals surface area contributed by atoms with Gasteiger partial charge in [-0.2, -0.15) is 0 Å². The molecule has 3 aromatic carbocycles. The number of anilines is 1. The highest BCUT2D eigenvalue weighted by molar-refractivity contribution is 7.92. The van der Waals surface area contributed by atoms with Gasteiger partial charge in [0.05, 0.1) is 16.1 Å². The van der Waals surface area contributed by atoms with Crippen molar-refractivity contribution < 1.29 is 17.9 Å². The summed E-state index contributed by atoms with van der Waals surface area (Å²) in [5, 5.41) is 0. The van der Waals surface area contributed by atoms with Gasteiger partial charge in [-0.3, -0.25) is 4.31 Å². The van der Waals surface area contributed by atoms with Crippen LogP contribution in [-0.4, -0.2) is 20.9 Å². The van der Waals surface area contributed by atoms with E-state index in [4.69, 9.17) is 4.74 Å². The minimum absolute atomic E-state index is 0.0956. The van der Waals surface area contributed by atoms with E-state index >= 15 is 0 Å². The molecule has 0 saturated carbocycles. The Morgan fingerprint density at radius 3 is 2.33 bits per heavy atom. The molecule has 0 N–H and O–H groups in total. The summed E-state index contributed by atoms with van der Waals surface area (Å²) in [6.45, 7) is 5.86. The van der Waals surface area contributed by atoms with Crippen LogP contribution in [0.5, 0.6) is 0 Å². The van der Waals surface area contributed by atoms with Gasteiger partial charge < -0.3 is 4.74 Å². The zero-order chi connectivity index (χ0) is 21.7. The zero-order valence-electron chi connectivity index (χ0n) is 17.3. The first-order chi connectivity index (χ1) is 14.3. The number of carbonyl (C=O) groups excluding carboxylic acids is 1. The van der Waals surface area contributed by atoms with Gasteiger partial charge in [-0.1, -0.05) is 54.1 Å². The Labute approximate surface area is 178 Å². The summed E-state index contributed by atoms with van der Waals surface area (Å²) >= 11 is 0. The van der Waals surface area contributed by atoms with Gasteiger partial charge in [0.25, 0.3) is 10.0 Å². The Balaban J connectivity index is 1.87. The molecule has 156 valence electrons. The molecule has 0 aromatic heterocycles. The molecule has 30 heavy (non-hydrogen) atoms. The molecular formula is C24H25NO4S. The van der Waals surface area contributed by atoms with Crippen molar-refractivity contribution in [1.82, 2.24) is 0 Å². The molecule has 0 unspecified atom stereocenters. The number of ether oxygens (including phenoxy) is 1. The van der Waals surface area contributed by atoms with Gasteiger partial charge in [-0.15, -0.1) is 0 Å². The summed E-state index contributed by atoms with van der Waals surface area (Å²) < 4.78 is 33.4. The molecule has 0 aliphatic carbocycles. The first-order valence-corrected chi connectivity index (χ1v) is 11.2. The van der Waals surface area contributed by atoms with E-state index in [1.165, 1.54) is 10.4 Å². The highest BCUT2D eigenvalue weighted by Crippen LogP contribution is 2.26. The van der Waals surface area contributed by atoms with Crippen molar-refractivity contribution in [3.8, 4) is 0 Å². The Hall–Kier alpha value is -3.12. The maximum absolute atomic E-state index is 13.4. The molecule has 0 heterocycles. The van der Waals surface area contributed by atoms with Gasteiger partial charge in [0.1, 0.15) is 6.61 Å². The van der Waals surface area contributed by atoms with E-state index < -0.39 is 16.0 Å². The van der Waals surface area contributed by atoms with Crippen LogP contribution >= 0.6 is 0 Å². The van der Waals surface area contributed by atoms with Crippen molar-refractivity contribution in [2.45, 2.75) is 32.3 Å². The standard InChI is InChI=1S/C24H25NO4S/c1-4-25(22-11-6-5-7-12-22)30(27,28)23-16-21(14-13-19(23)3)24(26)29-17-20-10-8-9-18(2)15-20/h5-16H,4,17H2,1-3H3. The third kappa shape index (κ3) is 4.71. The molecule has 0 fully saturated rings. The van der Waals surface area contributed by atoms with Crippen LogP contribution in [-0.2, 0) is 21.4 Å².